The van der Waals surface area contributed by atoms with Crippen molar-refractivity contribution in [1.29, 1.82) is 0 Å². The molecule has 2 atom stereocenters. The Hall–Kier alpha value is -0.130. The van der Waals surface area contributed by atoms with Crippen molar-refractivity contribution in [3.05, 3.63) is 0 Å². The first-order valence-electron chi connectivity index (χ1n) is 5.77. The maximum absolute atomic E-state index is 11.3. The third-order valence-electron chi connectivity index (χ3n) is 3.77. The summed E-state index contributed by atoms with van der Waals surface area (Å²) in [5.41, 5.74) is 5.74. The van der Waals surface area contributed by atoms with E-state index in [0.717, 1.165) is 6.54 Å². The number of rotatable bonds is 2. The minimum Gasteiger partial charge on any atom is -0.330 e. The van der Waals surface area contributed by atoms with Crippen molar-refractivity contribution in [1.82, 2.24) is 4.90 Å². The zero-order valence-electron chi connectivity index (χ0n) is 9.06. The van der Waals surface area contributed by atoms with Crippen LogP contribution in [0.25, 0.3) is 0 Å². The Labute approximate surface area is 91.7 Å². The van der Waals surface area contributed by atoms with Crippen molar-refractivity contribution in [3.8, 4) is 0 Å². The van der Waals surface area contributed by atoms with E-state index in [1.165, 1.54) is 19.3 Å². The van der Waals surface area contributed by atoms with Crippen LogP contribution in [0.3, 0.4) is 0 Å². The van der Waals surface area contributed by atoms with E-state index in [1.807, 2.05) is 0 Å². The highest BCUT2D eigenvalue weighted by Gasteiger charge is 2.34. The van der Waals surface area contributed by atoms with Gasteiger partial charge in [-0.1, -0.05) is 6.42 Å². The topological polar surface area (TPSA) is 63.4 Å². The molecule has 1 aliphatic carbocycles. The zero-order valence-corrected chi connectivity index (χ0v) is 9.88. The summed E-state index contributed by atoms with van der Waals surface area (Å²) in [6.07, 6.45) is 3.65. The number of hydrogen-bond donors (Lipinski definition) is 1. The van der Waals surface area contributed by atoms with Crippen LogP contribution in [-0.2, 0) is 9.84 Å². The Morgan fingerprint density at radius 2 is 1.87 bits per heavy atom. The molecule has 2 rings (SSSR count). The van der Waals surface area contributed by atoms with Crippen molar-refractivity contribution in [2.75, 3.05) is 31.1 Å². The summed E-state index contributed by atoms with van der Waals surface area (Å²) in [7, 11) is -2.74. The number of sulfone groups is 1. The molecule has 0 radical (unpaired) electrons. The molecule has 2 unspecified atom stereocenters. The molecule has 1 heterocycles. The summed E-state index contributed by atoms with van der Waals surface area (Å²) in [4.78, 5) is 2.34. The third-order valence-corrected chi connectivity index (χ3v) is 5.38. The molecule has 88 valence electrons. The fourth-order valence-corrected chi connectivity index (χ4v) is 4.06. The largest absolute Gasteiger partial charge is 0.330 e. The summed E-state index contributed by atoms with van der Waals surface area (Å²) in [5, 5.41) is 0. The van der Waals surface area contributed by atoms with Gasteiger partial charge in [-0.15, -0.1) is 0 Å². The zero-order chi connectivity index (χ0) is 10.9. The Bertz CT molecular complexity index is 301. The number of hydrogen-bond acceptors (Lipinski definition) is 4. The minimum absolute atomic E-state index is 0.334. The first-order valence-corrected chi connectivity index (χ1v) is 7.59. The molecule has 0 bridgehead atoms. The molecule has 15 heavy (non-hydrogen) atoms. The maximum atomic E-state index is 11.3. The second-order valence-electron chi connectivity index (χ2n) is 4.68. The van der Waals surface area contributed by atoms with Crippen molar-refractivity contribution in [2.24, 2.45) is 11.7 Å². The molecule has 4 nitrogen and oxygen atoms in total. The van der Waals surface area contributed by atoms with E-state index in [9.17, 15) is 8.42 Å². The highest BCUT2D eigenvalue weighted by atomic mass is 32.2. The molecule has 0 amide bonds. The summed E-state index contributed by atoms with van der Waals surface area (Å²) < 4.78 is 22.6. The van der Waals surface area contributed by atoms with Crippen LogP contribution in [0.4, 0.5) is 0 Å². The lowest BCUT2D eigenvalue weighted by molar-refractivity contribution is 0.175. The van der Waals surface area contributed by atoms with Crippen LogP contribution < -0.4 is 5.73 Å². The van der Waals surface area contributed by atoms with Gasteiger partial charge in [0.2, 0.25) is 0 Å². The van der Waals surface area contributed by atoms with Crippen LogP contribution in [0.15, 0.2) is 0 Å². The summed E-state index contributed by atoms with van der Waals surface area (Å²) >= 11 is 0. The van der Waals surface area contributed by atoms with Gasteiger partial charge in [0.05, 0.1) is 11.5 Å². The van der Waals surface area contributed by atoms with E-state index in [-0.39, 0.29) is 0 Å². The third kappa shape index (κ3) is 2.52. The molecular weight excluding hydrogens is 212 g/mol. The van der Waals surface area contributed by atoms with Crippen molar-refractivity contribution in [2.45, 2.75) is 25.3 Å². The van der Waals surface area contributed by atoms with E-state index < -0.39 is 9.84 Å². The van der Waals surface area contributed by atoms with Crippen LogP contribution in [0.2, 0.25) is 0 Å². The van der Waals surface area contributed by atoms with E-state index in [0.29, 0.717) is 36.6 Å². The molecule has 2 aliphatic rings. The van der Waals surface area contributed by atoms with Crippen molar-refractivity contribution < 1.29 is 8.42 Å². The van der Waals surface area contributed by atoms with Gasteiger partial charge in [-0.2, -0.15) is 0 Å². The SMILES string of the molecule is NCC1CCCC1N1CCS(=O)(=O)CC1. The lowest BCUT2D eigenvalue weighted by Gasteiger charge is -2.35. The van der Waals surface area contributed by atoms with Crippen LogP contribution in [0.5, 0.6) is 0 Å². The smallest absolute Gasteiger partial charge is 0.152 e. The summed E-state index contributed by atoms with van der Waals surface area (Å²) in [6, 6.07) is 0.547. The van der Waals surface area contributed by atoms with Gasteiger partial charge in [0.15, 0.2) is 9.84 Å². The lowest BCUT2D eigenvalue weighted by Crippen LogP contribution is -2.48. The van der Waals surface area contributed by atoms with E-state index in [1.54, 1.807) is 0 Å². The number of nitrogens with two attached hydrogens (primary N) is 1. The number of nitrogens with zero attached hydrogens (tertiary/aromatic N) is 1. The molecule has 0 spiro atoms. The van der Waals surface area contributed by atoms with E-state index in [2.05, 4.69) is 4.90 Å². The van der Waals surface area contributed by atoms with Crippen LogP contribution in [0, 0.1) is 5.92 Å². The fourth-order valence-electron chi connectivity index (χ4n) is 2.83. The highest BCUT2D eigenvalue weighted by Crippen LogP contribution is 2.29. The predicted molar refractivity (Wildman–Crippen MR) is 60.4 cm³/mol. The molecule has 0 aromatic heterocycles. The Morgan fingerprint density at radius 3 is 2.47 bits per heavy atom. The van der Waals surface area contributed by atoms with Crippen LogP contribution in [-0.4, -0.2) is 50.5 Å². The summed E-state index contributed by atoms with van der Waals surface area (Å²) in [6.45, 7) is 2.17. The van der Waals surface area contributed by atoms with Gasteiger partial charge in [-0.05, 0) is 25.3 Å². The molecule has 2 fully saturated rings. The molecule has 1 saturated heterocycles. The molecule has 0 aromatic rings. The van der Waals surface area contributed by atoms with Gasteiger partial charge in [0.25, 0.3) is 0 Å². The monoisotopic (exact) mass is 232 g/mol. The van der Waals surface area contributed by atoms with Crippen LogP contribution >= 0.6 is 0 Å². The Kier molecular flexibility index (Phi) is 3.33. The maximum Gasteiger partial charge on any atom is 0.152 e. The van der Waals surface area contributed by atoms with Crippen molar-refractivity contribution >= 4 is 9.84 Å². The van der Waals surface area contributed by atoms with Gasteiger partial charge < -0.3 is 5.73 Å². The quantitative estimate of drug-likeness (QED) is 0.719. The molecule has 1 saturated carbocycles. The molecular formula is C10H20N2O2S. The average Bonchev–Trinajstić information content (AvgIpc) is 2.65. The standard InChI is InChI=1S/C10H20N2O2S/c11-8-9-2-1-3-10(9)12-4-6-15(13,14)7-5-12/h9-10H,1-8,11H2. The highest BCUT2D eigenvalue weighted by molar-refractivity contribution is 7.91. The predicted octanol–water partition coefficient (Wildman–Crippen LogP) is -0.156. The van der Waals surface area contributed by atoms with E-state index >= 15 is 0 Å². The van der Waals surface area contributed by atoms with Crippen molar-refractivity contribution in [3.63, 3.8) is 0 Å². The Balaban J connectivity index is 1.95. The second kappa shape index (κ2) is 4.39. The van der Waals surface area contributed by atoms with E-state index in [4.69, 9.17) is 5.73 Å². The van der Waals surface area contributed by atoms with Gasteiger partial charge in [0, 0.05) is 19.1 Å². The average molecular weight is 232 g/mol. The van der Waals surface area contributed by atoms with Gasteiger partial charge in [0.1, 0.15) is 0 Å². The molecule has 2 N–H and O–H groups in total. The first-order chi connectivity index (χ1) is 7.12. The lowest BCUT2D eigenvalue weighted by atomic mass is 10.0. The molecule has 5 heteroatoms. The normalized spacial score (nSPS) is 36.9. The van der Waals surface area contributed by atoms with Gasteiger partial charge >= 0.3 is 0 Å². The van der Waals surface area contributed by atoms with Gasteiger partial charge in [-0.25, -0.2) is 8.42 Å². The van der Waals surface area contributed by atoms with Gasteiger partial charge in [-0.3, -0.25) is 4.90 Å². The molecule has 1 aliphatic heterocycles. The Morgan fingerprint density at radius 1 is 1.20 bits per heavy atom. The second-order valence-corrected chi connectivity index (χ2v) is 6.99. The molecule has 0 aromatic carbocycles. The van der Waals surface area contributed by atoms with Crippen LogP contribution in [0.1, 0.15) is 19.3 Å². The summed E-state index contributed by atoms with van der Waals surface area (Å²) in [5.74, 6) is 1.26. The fraction of sp³-hybridized carbons (Fsp3) is 1.00. The minimum atomic E-state index is -2.74. The first kappa shape index (κ1) is 11.4.